The first-order valence-corrected chi connectivity index (χ1v) is 7.55. The van der Waals surface area contributed by atoms with Gasteiger partial charge in [-0.2, -0.15) is 4.98 Å². The highest BCUT2D eigenvalue weighted by Gasteiger charge is 2.32. The van der Waals surface area contributed by atoms with Crippen molar-refractivity contribution in [3.63, 3.8) is 0 Å². The van der Waals surface area contributed by atoms with Crippen LogP contribution in [0.2, 0.25) is 0 Å². The van der Waals surface area contributed by atoms with Crippen molar-refractivity contribution in [3.05, 3.63) is 11.8 Å². The second-order valence-corrected chi connectivity index (χ2v) is 5.64. The number of aryl methyl sites for hydroxylation is 1. The Balaban J connectivity index is 2.12. The predicted octanol–water partition coefficient (Wildman–Crippen LogP) is 2.68. The van der Waals surface area contributed by atoms with Crippen LogP contribution in [0.3, 0.4) is 0 Å². The third-order valence-electron chi connectivity index (χ3n) is 3.78. The molecule has 112 valence electrons. The Hall–Kier alpha value is -1.36. The zero-order valence-corrected chi connectivity index (χ0v) is 12.5. The second kappa shape index (κ2) is 6.88. The molecule has 1 aromatic heterocycles. The second-order valence-electron chi connectivity index (χ2n) is 5.64. The number of rotatable bonds is 6. The Labute approximate surface area is 120 Å². The lowest BCUT2D eigenvalue weighted by molar-refractivity contribution is 0.172. The maximum Gasteiger partial charge on any atom is 0.226 e. The Morgan fingerprint density at radius 3 is 2.70 bits per heavy atom. The van der Waals surface area contributed by atoms with Gasteiger partial charge in [-0.05, 0) is 26.2 Å². The molecule has 20 heavy (non-hydrogen) atoms. The minimum atomic E-state index is -0.270. The van der Waals surface area contributed by atoms with Crippen LogP contribution >= 0.6 is 0 Å². The van der Waals surface area contributed by atoms with E-state index in [0.717, 1.165) is 37.8 Å². The monoisotopic (exact) mass is 279 g/mol. The van der Waals surface area contributed by atoms with Crippen LogP contribution in [0.4, 0.5) is 5.95 Å². The van der Waals surface area contributed by atoms with E-state index >= 15 is 0 Å². The smallest absolute Gasteiger partial charge is 0.226 e. The van der Waals surface area contributed by atoms with Crippen LogP contribution in [-0.4, -0.2) is 33.8 Å². The quantitative estimate of drug-likeness (QED) is 0.838. The van der Waals surface area contributed by atoms with Gasteiger partial charge < -0.3 is 15.2 Å². The molecule has 1 saturated carbocycles. The van der Waals surface area contributed by atoms with Gasteiger partial charge in [-0.3, -0.25) is 0 Å². The van der Waals surface area contributed by atoms with Gasteiger partial charge in [-0.25, -0.2) is 4.98 Å². The summed E-state index contributed by atoms with van der Waals surface area (Å²) in [4.78, 5) is 8.82. The first-order valence-electron chi connectivity index (χ1n) is 7.55. The minimum absolute atomic E-state index is 0.120. The summed E-state index contributed by atoms with van der Waals surface area (Å²) in [7, 11) is 0. The molecule has 1 aliphatic carbocycles. The molecule has 5 nitrogen and oxygen atoms in total. The molecule has 0 saturated heterocycles. The molecule has 2 N–H and O–H groups in total. The highest BCUT2D eigenvalue weighted by atomic mass is 16.5. The summed E-state index contributed by atoms with van der Waals surface area (Å²) < 4.78 is 5.58. The number of nitrogens with one attached hydrogen (secondary N) is 1. The molecular formula is C15H25N3O2. The Bertz CT molecular complexity index is 431. The van der Waals surface area contributed by atoms with Gasteiger partial charge in [-0.1, -0.05) is 26.2 Å². The van der Waals surface area contributed by atoms with Crippen molar-refractivity contribution in [2.24, 2.45) is 0 Å². The maximum atomic E-state index is 9.73. The van der Waals surface area contributed by atoms with E-state index in [2.05, 4.69) is 22.2 Å². The number of hydrogen-bond donors (Lipinski definition) is 2. The zero-order chi connectivity index (χ0) is 14.4. The average Bonchev–Trinajstić information content (AvgIpc) is 2.45. The van der Waals surface area contributed by atoms with Crippen LogP contribution in [0.25, 0.3) is 0 Å². The Kier molecular flexibility index (Phi) is 5.17. The van der Waals surface area contributed by atoms with Crippen LogP contribution in [0, 0.1) is 6.92 Å². The summed E-state index contributed by atoms with van der Waals surface area (Å²) in [6, 6.07) is 1.84. The number of aromatic nitrogens is 2. The number of ether oxygens (including phenoxy) is 1. The van der Waals surface area contributed by atoms with E-state index in [9.17, 15) is 5.11 Å². The van der Waals surface area contributed by atoms with Crippen molar-refractivity contribution in [2.75, 3.05) is 18.5 Å². The normalized spacial score (nSPS) is 17.8. The summed E-state index contributed by atoms with van der Waals surface area (Å²) in [6.07, 6.45) is 6.39. The summed E-state index contributed by atoms with van der Waals surface area (Å²) in [5.41, 5.74) is 0.603. The lowest BCUT2D eigenvalue weighted by Gasteiger charge is -2.36. The molecule has 0 amide bonds. The Morgan fingerprint density at radius 1 is 1.30 bits per heavy atom. The molecule has 0 atom stereocenters. The average molecular weight is 279 g/mol. The van der Waals surface area contributed by atoms with Crippen molar-refractivity contribution in [2.45, 2.75) is 57.9 Å². The molecular weight excluding hydrogens is 254 g/mol. The van der Waals surface area contributed by atoms with Crippen molar-refractivity contribution >= 4 is 5.95 Å². The van der Waals surface area contributed by atoms with E-state index in [1.807, 2.05) is 13.0 Å². The SMILES string of the molecule is CCCOc1cc(C)nc(NC2(CO)CCCCC2)n1. The van der Waals surface area contributed by atoms with Crippen LogP contribution in [-0.2, 0) is 0 Å². The van der Waals surface area contributed by atoms with Crippen LogP contribution < -0.4 is 10.1 Å². The lowest BCUT2D eigenvalue weighted by atomic mass is 9.82. The van der Waals surface area contributed by atoms with Crippen LogP contribution in [0.5, 0.6) is 5.88 Å². The Morgan fingerprint density at radius 2 is 2.05 bits per heavy atom. The van der Waals surface area contributed by atoms with Crippen molar-refractivity contribution in [1.29, 1.82) is 0 Å². The highest BCUT2D eigenvalue weighted by molar-refractivity contribution is 5.34. The molecule has 5 heteroatoms. The molecule has 1 aromatic rings. The minimum Gasteiger partial charge on any atom is -0.478 e. The summed E-state index contributed by atoms with van der Waals surface area (Å²) in [5, 5.41) is 13.1. The molecule has 0 spiro atoms. The van der Waals surface area contributed by atoms with Crippen LogP contribution in [0.1, 0.15) is 51.1 Å². The topological polar surface area (TPSA) is 67.3 Å². The molecule has 1 heterocycles. The molecule has 2 rings (SSSR count). The number of hydrogen-bond acceptors (Lipinski definition) is 5. The maximum absolute atomic E-state index is 9.73. The van der Waals surface area contributed by atoms with E-state index in [0.29, 0.717) is 18.4 Å². The summed E-state index contributed by atoms with van der Waals surface area (Å²) >= 11 is 0. The van der Waals surface area contributed by atoms with Crippen molar-refractivity contribution in [3.8, 4) is 5.88 Å². The fraction of sp³-hybridized carbons (Fsp3) is 0.733. The van der Waals surface area contributed by atoms with Crippen molar-refractivity contribution in [1.82, 2.24) is 9.97 Å². The van der Waals surface area contributed by atoms with Crippen molar-refractivity contribution < 1.29 is 9.84 Å². The largest absolute Gasteiger partial charge is 0.478 e. The number of aliphatic hydroxyl groups excluding tert-OH is 1. The molecule has 0 radical (unpaired) electrons. The van der Waals surface area contributed by atoms with E-state index in [1.165, 1.54) is 6.42 Å². The number of nitrogens with zero attached hydrogens (tertiary/aromatic N) is 2. The highest BCUT2D eigenvalue weighted by Crippen LogP contribution is 2.30. The summed E-state index contributed by atoms with van der Waals surface area (Å²) in [5.74, 6) is 1.16. The molecule has 0 unspecified atom stereocenters. The molecule has 0 aliphatic heterocycles. The first-order chi connectivity index (χ1) is 9.67. The molecule has 0 bridgehead atoms. The summed E-state index contributed by atoms with van der Waals surface area (Å²) in [6.45, 7) is 4.77. The van der Waals surface area contributed by atoms with E-state index in [4.69, 9.17) is 4.74 Å². The van der Waals surface area contributed by atoms with E-state index in [-0.39, 0.29) is 12.1 Å². The van der Waals surface area contributed by atoms with Crippen LogP contribution in [0.15, 0.2) is 6.07 Å². The predicted molar refractivity (Wildman–Crippen MR) is 79.1 cm³/mol. The van der Waals surface area contributed by atoms with Gasteiger partial charge in [0.2, 0.25) is 11.8 Å². The van der Waals surface area contributed by atoms with Gasteiger partial charge in [0.05, 0.1) is 18.8 Å². The number of aliphatic hydroxyl groups is 1. The van der Waals surface area contributed by atoms with E-state index < -0.39 is 0 Å². The van der Waals surface area contributed by atoms with Gasteiger partial charge >= 0.3 is 0 Å². The zero-order valence-electron chi connectivity index (χ0n) is 12.5. The molecule has 1 aliphatic rings. The van der Waals surface area contributed by atoms with E-state index in [1.54, 1.807) is 0 Å². The van der Waals surface area contributed by atoms with Gasteiger partial charge in [-0.15, -0.1) is 0 Å². The lowest BCUT2D eigenvalue weighted by Crippen LogP contribution is -2.44. The standard InChI is InChI=1S/C15H25N3O2/c1-3-9-20-13-10-12(2)16-14(17-13)18-15(11-19)7-5-4-6-8-15/h10,19H,3-9,11H2,1-2H3,(H,16,17,18). The fourth-order valence-electron chi connectivity index (χ4n) is 2.66. The van der Waals surface area contributed by atoms with Gasteiger partial charge in [0, 0.05) is 11.8 Å². The number of anilines is 1. The third kappa shape index (κ3) is 3.82. The molecule has 1 fully saturated rings. The third-order valence-corrected chi connectivity index (χ3v) is 3.78. The van der Waals surface area contributed by atoms with Gasteiger partial charge in [0.1, 0.15) is 0 Å². The molecule has 0 aromatic carbocycles. The van der Waals surface area contributed by atoms with Gasteiger partial charge in [0.15, 0.2) is 0 Å². The fourth-order valence-corrected chi connectivity index (χ4v) is 2.66. The first kappa shape index (κ1) is 15.0. The van der Waals surface area contributed by atoms with Gasteiger partial charge in [0.25, 0.3) is 0 Å².